The van der Waals surface area contributed by atoms with Gasteiger partial charge in [0.15, 0.2) is 5.13 Å². The van der Waals surface area contributed by atoms with Crippen LogP contribution in [0.2, 0.25) is 6.82 Å². The minimum absolute atomic E-state index is 0.118. The van der Waals surface area contributed by atoms with Crippen LogP contribution in [0.25, 0.3) is 11.4 Å². The molecule has 3 aromatic heterocycles. The molecule has 0 spiro atoms. The third-order valence-corrected chi connectivity index (χ3v) is 6.66. The van der Waals surface area contributed by atoms with E-state index in [-0.39, 0.29) is 24.8 Å². The average Bonchev–Trinajstić information content (AvgIpc) is 3.24. The molecule has 2 aliphatic carbocycles. The van der Waals surface area contributed by atoms with Gasteiger partial charge in [0.2, 0.25) is 13.3 Å². The molecule has 1 unspecified atom stereocenters. The Bertz CT molecular complexity index is 1190. The van der Waals surface area contributed by atoms with E-state index in [2.05, 4.69) is 15.6 Å². The fraction of sp³-hybridized carbons (Fsp3) is 0.400. The van der Waals surface area contributed by atoms with E-state index in [1.807, 2.05) is 60.8 Å². The summed E-state index contributed by atoms with van der Waals surface area (Å²) in [6.45, 7) is 2.29. The van der Waals surface area contributed by atoms with Gasteiger partial charge in [-0.3, -0.25) is 9.78 Å². The molecule has 0 aliphatic heterocycles. The molecule has 3 aromatic rings. The zero-order chi connectivity index (χ0) is 25.5. The number of thiazole rings is 1. The number of pyridine rings is 1. The highest BCUT2D eigenvalue weighted by atomic mass is 32.1. The number of methoxy groups -OCH3 is 1. The minimum atomic E-state index is -2.25. The molecule has 2 saturated carbocycles. The molecule has 7 nitrogen and oxygen atoms in total. The van der Waals surface area contributed by atoms with Gasteiger partial charge in [0.1, 0.15) is 5.69 Å². The lowest BCUT2D eigenvalue weighted by Crippen LogP contribution is -2.42. The Morgan fingerprint density at radius 3 is 2.61 bits per heavy atom. The summed E-state index contributed by atoms with van der Waals surface area (Å²) >= 11 is 1.52. The molecule has 3 heterocycles. The summed E-state index contributed by atoms with van der Waals surface area (Å²) in [6.07, 6.45) is 8.84. The van der Waals surface area contributed by atoms with E-state index < -0.39 is 5.92 Å². The highest BCUT2D eigenvalue weighted by Crippen LogP contribution is 2.40. The van der Waals surface area contributed by atoms with E-state index in [4.69, 9.17) is 9.72 Å². The van der Waals surface area contributed by atoms with Gasteiger partial charge in [-0.15, -0.1) is 11.3 Å². The van der Waals surface area contributed by atoms with E-state index in [9.17, 15) is 13.6 Å². The van der Waals surface area contributed by atoms with Gasteiger partial charge in [-0.1, -0.05) is 12.9 Å². The zero-order valence-corrected chi connectivity index (χ0v) is 21.2. The summed E-state index contributed by atoms with van der Waals surface area (Å²) in [4.78, 5) is 21.9. The lowest BCUT2D eigenvalue weighted by molar-refractivity contribution is 0.0911. The van der Waals surface area contributed by atoms with Crippen LogP contribution in [0.1, 0.15) is 42.5 Å². The fourth-order valence-corrected chi connectivity index (χ4v) is 4.25. The average molecular weight is 512 g/mol. The SMILES string of the molecule is C[B]n1ccc(C(=O)NC(COC)C(Nc2nc(-c3ccccn3)cs2)=C2CCC2)c1.FC1(F)CC1. The summed E-state index contributed by atoms with van der Waals surface area (Å²) in [6, 6.07) is 7.30. The fourth-order valence-electron chi connectivity index (χ4n) is 3.53. The standard InChI is InChI=1S/C22H25BN5O2S.C3H4F2/c1-23-28-11-9-16(12-28)21(29)25-18(13-30-2)20(15-6-5-7-15)27-22-26-19(14-31-22)17-8-3-4-10-24-17;4-3(5)1-2-3/h3-4,8-12,14,18H,5-7,13H2,1-2H3,(H,25,29)(H,26,27);1-2H2. The smallest absolute Gasteiger partial charge is 0.253 e. The largest absolute Gasteiger partial charge is 0.402 e. The normalized spacial score (nSPS) is 16.2. The van der Waals surface area contributed by atoms with Crippen molar-refractivity contribution < 1.29 is 18.3 Å². The second-order valence-corrected chi connectivity index (χ2v) is 9.55. The molecule has 0 aromatic carbocycles. The first kappa shape index (κ1) is 26.0. The molecule has 1 radical (unpaired) electrons. The number of ether oxygens (including phenoxy) is 1. The van der Waals surface area contributed by atoms with E-state index in [1.54, 1.807) is 13.3 Å². The van der Waals surface area contributed by atoms with Crippen LogP contribution in [-0.4, -0.2) is 53.4 Å². The van der Waals surface area contributed by atoms with Crippen molar-refractivity contribution in [1.29, 1.82) is 0 Å². The molecule has 36 heavy (non-hydrogen) atoms. The van der Waals surface area contributed by atoms with Crippen LogP contribution in [-0.2, 0) is 4.74 Å². The third-order valence-electron chi connectivity index (χ3n) is 5.90. The molecular weight excluding hydrogens is 483 g/mol. The number of nitrogens with zero attached hydrogens (tertiary/aromatic N) is 3. The van der Waals surface area contributed by atoms with Gasteiger partial charge in [-0.2, -0.15) is 0 Å². The van der Waals surface area contributed by atoms with Crippen LogP contribution in [0.3, 0.4) is 0 Å². The Morgan fingerprint density at radius 1 is 1.28 bits per heavy atom. The molecule has 1 atom stereocenters. The quantitative estimate of drug-likeness (QED) is 0.384. The van der Waals surface area contributed by atoms with Gasteiger partial charge in [0.25, 0.3) is 5.91 Å². The number of anilines is 1. The second-order valence-electron chi connectivity index (χ2n) is 8.69. The predicted octanol–water partition coefficient (Wildman–Crippen LogP) is 5.23. The number of allylic oxidation sites excluding steroid dienone is 1. The maximum absolute atomic E-state index is 12.9. The Morgan fingerprint density at radius 2 is 2.06 bits per heavy atom. The van der Waals surface area contributed by atoms with E-state index in [0.717, 1.165) is 41.5 Å². The number of carbonyl (C=O) groups excluding carboxylic acids is 1. The summed E-state index contributed by atoms with van der Waals surface area (Å²) in [5.74, 6) is -2.38. The lowest BCUT2D eigenvalue weighted by atomic mass is 9.88. The number of rotatable bonds is 9. The molecule has 5 rings (SSSR count). The molecule has 11 heteroatoms. The highest BCUT2D eigenvalue weighted by molar-refractivity contribution is 7.14. The maximum Gasteiger partial charge on any atom is 0.253 e. The number of halogens is 2. The van der Waals surface area contributed by atoms with Crippen LogP contribution < -0.4 is 10.6 Å². The number of hydrogen-bond donors (Lipinski definition) is 2. The number of nitrogens with one attached hydrogen (secondary N) is 2. The topological polar surface area (TPSA) is 81.1 Å². The molecule has 1 amide bonds. The number of amides is 1. The van der Waals surface area contributed by atoms with E-state index in [1.165, 1.54) is 16.9 Å². The van der Waals surface area contributed by atoms with Crippen molar-refractivity contribution in [3.63, 3.8) is 0 Å². The molecule has 0 saturated heterocycles. The van der Waals surface area contributed by atoms with Crippen LogP contribution in [0, 0.1) is 0 Å². The third kappa shape index (κ3) is 7.01. The van der Waals surface area contributed by atoms with Crippen molar-refractivity contribution in [3.8, 4) is 11.4 Å². The van der Waals surface area contributed by atoms with Gasteiger partial charge in [0.05, 0.1) is 23.9 Å². The van der Waals surface area contributed by atoms with Crippen molar-refractivity contribution in [2.75, 3.05) is 19.0 Å². The lowest BCUT2D eigenvalue weighted by Gasteiger charge is -2.28. The second kappa shape index (κ2) is 11.8. The van der Waals surface area contributed by atoms with Crippen molar-refractivity contribution in [2.45, 2.75) is 50.9 Å². The Balaban J connectivity index is 0.000000543. The van der Waals surface area contributed by atoms with Gasteiger partial charge in [0, 0.05) is 43.4 Å². The number of alkyl halides is 2. The van der Waals surface area contributed by atoms with Gasteiger partial charge in [-0.25, -0.2) is 13.8 Å². The van der Waals surface area contributed by atoms with Crippen molar-refractivity contribution in [2.24, 2.45) is 0 Å². The molecule has 2 N–H and O–H groups in total. The Kier molecular flexibility index (Phi) is 8.53. The molecular formula is C25H29BF2N5O2S. The molecule has 189 valence electrons. The van der Waals surface area contributed by atoms with E-state index in [0.29, 0.717) is 12.2 Å². The van der Waals surface area contributed by atoms with Crippen LogP contribution in [0.4, 0.5) is 13.9 Å². The summed E-state index contributed by atoms with van der Waals surface area (Å²) in [5, 5.41) is 9.38. The maximum atomic E-state index is 12.9. The van der Waals surface area contributed by atoms with Crippen LogP contribution >= 0.6 is 11.3 Å². The highest BCUT2D eigenvalue weighted by Gasteiger charge is 2.43. The molecule has 2 aliphatic rings. The Labute approximate surface area is 214 Å². The first-order chi connectivity index (χ1) is 17.4. The summed E-state index contributed by atoms with van der Waals surface area (Å²) in [5.41, 5.74) is 4.56. The monoisotopic (exact) mass is 512 g/mol. The van der Waals surface area contributed by atoms with Crippen molar-refractivity contribution in [1.82, 2.24) is 19.8 Å². The Hall–Kier alpha value is -3.05. The van der Waals surface area contributed by atoms with Crippen molar-refractivity contribution in [3.05, 3.63) is 65.1 Å². The number of aromatic nitrogens is 3. The van der Waals surface area contributed by atoms with E-state index >= 15 is 0 Å². The summed E-state index contributed by atoms with van der Waals surface area (Å²) < 4.78 is 29.6. The zero-order valence-electron chi connectivity index (χ0n) is 20.3. The predicted molar refractivity (Wildman–Crippen MR) is 139 cm³/mol. The summed E-state index contributed by atoms with van der Waals surface area (Å²) in [7, 11) is 3.54. The van der Waals surface area contributed by atoms with Crippen molar-refractivity contribution >= 4 is 29.8 Å². The van der Waals surface area contributed by atoms with Gasteiger partial charge < -0.3 is 19.8 Å². The van der Waals surface area contributed by atoms with Crippen LogP contribution in [0.5, 0.6) is 0 Å². The number of carbonyl (C=O) groups is 1. The number of hydrogen-bond acceptors (Lipinski definition) is 6. The molecule has 0 bridgehead atoms. The first-order valence-electron chi connectivity index (χ1n) is 11.9. The first-order valence-corrected chi connectivity index (χ1v) is 12.8. The molecule has 2 fully saturated rings. The van der Waals surface area contributed by atoms with Gasteiger partial charge in [-0.05, 0) is 49.2 Å². The van der Waals surface area contributed by atoms with Crippen LogP contribution in [0.15, 0.2) is 59.5 Å². The van der Waals surface area contributed by atoms with Gasteiger partial charge >= 0.3 is 0 Å². The minimum Gasteiger partial charge on any atom is -0.402 e.